The number of urea groups is 1. The molecule has 3 N–H and O–H groups in total. The number of amides is 3. The van der Waals surface area contributed by atoms with Gasteiger partial charge in [-0.1, -0.05) is 48.8 Å². The molecule has 1 heterocycles. The van der Waals surface area contributed by atoms with Crippen LogP contribution in [-0.4, -0.2) is 16.9 Å². The summed E-state index contributed by atoms with van der Waals surface area (Å²) in [5.41, 5.74) is 2.13. The van der Waals surface area contributed by atoms with Gasteiger partial charge in [0, 0.05) is 17.3 Å². The fourth-order valence-corrected chi connectivity index (χ4v) is 4.29. The first-order valence-electron chi connectivity index (χ1n) is 9.52. The predicted molar refractivity (Wildman–Crippen MR) is 114 cm³/mol. The summed E-state index contributed by atoms with van der Waals surface area (Å²) in [7, 11) is 0. The maximum atomic E-state index is 12.4. The minimum Gasteiger partial charge on any atom is -0.308 e. The number of thiazole rings is 1. The Morgan fingerprint density at radius 2 is 1.64 bits per heavy atom. The molecule has 2 aromatic carbocycles. The number of anilines is 3. The second-order valence-electron chi connectivity index (χ2n) is 6.97. The van der Waals surface area contributed by atoms with Crippen molar-refractivity contribution in [2.45, 2.75) is 32.1 Å². The summed E-state index contributed by atoms with van der Waals surface area (Å²) in [6, 6.07) is 14.5. The van der Waals surface area contributed by atoms with Gasteiger partial charge in [-0.2, -0.15) is 0 Å². The van der Waals surface area contributed by atoms with E-state index >= 15 is 0 Å². The first kappa shape index (κ1) is 18.4. The maximum absolute atomic E-state index is 12.4. The quantitative estimate of drug-likeness (QED) is 0.549. The van der Waals surface area contributed by atoms with Crippen LogP contribution in [0.2, 0.25) is 0 Å². The molecule has 0 radical (unpaired) electrons. The second-order valence-corrected chi connectivity index (χ2v) is 8.00. The smallest absolute Gasteiger partial charge is 0.308 e. The highest BCUT2D eigenvalue weighted by atomic mass is 32.1. The molecule has 3 amide bonds. The lowest BCUT2D eigenvalue weighted by atomic mass is 9.89. The summed E-state index contributed by atoms with van der Waals surface area (Å²) in [4.78, 5) is 29.1. The standard InChI is InChI=1S/C21H22N4O2S/c26-19(14-7-3-1-4-8-14)25-21-24-17-13-16(11-12-18(17)28-21)23-20(27)22-15-9-5-2-6-10-15/h2,5-6,9-14H,1,3-4,7-8H2,(H2,22,23,27)(H,24,25,26). The minimum atomic E-state index is -0.313. The molecular formula is C21H22N4O2S. The van der Waals surface area contributed by atoms with Gasteiger partial charge >= 0.3 is 6.03 Å². The minimum absolute atomic E-state index is 0.0688. The molecule has 0 saturated heterocycles. The van der Waals surface area contributed by atoms with Gasteiger partial charge in [0.2, 0.25) is 5.91 Å². The normalized spacial score (nSPS) is 14.6. The lowest BCUT2D eigenvalue weighted by Crippen LogP contribution is -2.24. The van der Waals surface area contributed by atoms with Gasteiger partial charge in [-0.05, 0) is 43.2 Å². The summed E-state index contributed by atoms with van der Waals surface area (Å²) >= 11 is 1.45. The topological polar surface area (TPSA) is 83.1 Å². The number of para-hydroxylation sites is 1. The lowest BCUT2D eigenvalue weighted by molar-refractivity contribution is -0.120. The fraction of sp³-hybridized carbons (Fsp3) is 0.286. The van der Waals surface area contributed by atoms with E-state index in [1.807, 2.05) is 48.5 Å². The van der Waals surface area contributed by atoms with E-state index in [4.69, 9.17) is 0 Å². The van der Waals surface area contributed by atoms with Gasteiger partial charge < -0.3 is 16.0 Å². The Bertz CT molecular complexity index is 980. The van der Waals surface area contributed by atoms with Crippen molar-refractivity contribution in [3.63, 3.8) is 0 Å². The molecule has 0 unspecified atom stereocenters. The molecule has 1 fully saturated rings. The first-order chi connectivity index (χ1) is 13.7. The highest BCUT2D eigenvalue weighted by molar-refractivity contribution is 7.22. The molecule has 4 rings (SSSR count). The van der Waals surface area contributed by atoms with Crippen molar-refractivity contribution in [3.05, 3.63) is 48.5 Å². The average molecular weight is 395 g/mol. The van der Waals surface area contributed by atoms with Crippen molar-refractivity contribution in [3.8, 4) is 0 Å². The van der Waals surface area contributed by atoms with E-state index in [1.54, 1.807) is 0 Å². The third-order valence-electron chi connectivity index (χ3n) is 4.88. The Kier molecular flexibility index (Phi) is 5.53. The zero-order chi connectivity index (χ0) is 19.3. The van der Waals surface area contributed by atoms with E-state index in [0.29, 0.717) is 10.8 Å². The predicted octanol–water partition coefficient (Wildman–Crippen LogP) is 5.46. The van der Waals surface area contributed by atoms with Crippen molar-refractivity contribution < 1.29 is 9.59 Å². The Hall–Kier alpha value is -2.93. The van der Waals surface area contributed by atoms with Crippen LogP contribution in [0.15, 0.2) is 48.5 Å². The van der Waals surface area contributed by atoms with Crippen LogP contribution in [0, 0.1) is 5.92 Å². The van der Waals surface area contributed by atoms with E-state index in [-0.39, 0.29) is 17.9 Å². The molecule has 0 atom stereocenters. The van der Waals surface area contributed by atoms with Crippen molar-refractivity contribution >= 4 is 50.0 Å². The molecule has 0 spiro atoms. The van der Waals surface area contributed by atoms with Gasteiger partial charge in [-0.25, -0.2) is 9.78 Å². The van der Waals surface area contributed by atoms with E-state index in [9.17, 15) is 9.59 Å². The molecule has 0 aliphatic heterocycles. The van der Waals surface area contributed by atoms with Crippen molar-refractivity contribution in [2.75, 3.05) is 16.0 Å². The lowest BCUT2D eigenvalue weighted by Gasteiger charge is -2.19. The summed E-state index contributed by atoms with van der Waals surface area (Å²) < 4.78 is 0.966. The molecule has 3 aromatic rings. The molecule has 1 aliphatic carbocycles. The molecule has 144 valence electrons. The fourth-order valence-electron chi connectivity index (χ4n) is 3.45. The van der Waals surface area contributed by atoms with Crippen molar-refractivity contribution in [1.29, 1.82) is 0 Å². The molecule has 1 aliphatic rings. The van der Waals surface area contributed by atoms with Crippen LogP contribution in [0.5, 0.6) is 0 Å². The molecule has 28 heavy (non-hydrogen) atoms. The summed E-state index contributed by atoms with van der Waals surface area (Å²) in [6.45, 7) is 0. The van der Waals surface area contributed by atoms with Crippen LogP contribution in [0.4, 0.5) is 21.3 Å². The Labute approximate surface area is 167 Å². The van der Waals surface area contributed by atoms with E-state index < -0.39 is 0 Å². The van der Waals surface area contributed by atoms with Gasteiger partial charge in [0.1, 0.15) is 0 Å². The third kappa shape index (κ3) is 4.48. The monoisotopic (exact) mass is 394 g/mol. The number of aromatic nitrogens is 1. The molecule has 7 heteroatoms. The second kappa shape index (κ2) is 8.39. The van der Waals surface area contributed by atoms with Crippen LogP contribution < -0.4 is 16.0 Å². The number of benzene rings is 2. The third-order valence-corrected chi connectivity index (χ3v) is 5.84. The van der Waals surface area contributed by atoms with Gasteiger partial charge in [0.15, 0.2) is 5.13 Å². The Balaban J connectivity index is 1.41. The largest absolute Gasteiger partial charge is 0.323 e. The first-order valence-corrected chi connectivity index (χ1v) is 10.3. The van der Waals surface area contributed by atoms with E-state index in [2.05, 4.69) is 20.9 Å². The number of rotatable bonds is 4. The Morgan fingerprint density at radius 1 is 0.893 bits per heavy atom. The number of hydrogen-bond acceptors (Lipinski definition) is 4. The number of hydrogen-bond donors (Lipinski definition) is 3. The molecule has 1 aromatic heterocycles. The average Bonchev–Trinajstić information content (AvgIpc) is 3.10. The summed E-state index contributed by atoms with van der Waals surface area (Å²) in [6.07, 6.45) is 5.39. The highest BCUT2D eigenvalue weighted by Gasteiger charge is 2.22. The van der Waals surface area contributed by atoms with Crippen LogP contribution in [0.3, 0.4) is 0 Å². The van der Waals surface area contributed by atoms with Gasteiger partial charge in [0.25, 0.3) is 0 Å². The van der Waals surface area contributed by atoms with Crippen LogP contribution in [0.1, 0.15) is 32.1 Å². The highest BCUT2D eigenvalue weighted by Crippen LogP contribution is 2.30. The number of nitrogens with one attached hydrogen (secondary N) is 3. The number of fused-ring (bicyclic) bond motifs is 1. The van der Waals surface area contributed by atoms with Gasteiger partial charge in [-0.3, -0.25) is 4.79 Å². The van der Waals surface area contributed by atoms with E-state index in [1.165, 1.54) is 17.8 Å². The van der Waals surface area contributed by atoms with Crippen LogP contribution >= 0.6 is 11.3 Å². The maximum Gasteiger partial charge on any atom is 0.323 e. The molecular weight excluding hydrogens is 372 g/mol. The van der Waals surface area contributed by atoms with Crippen molar-refractivity contribution in [2.24, 2.45) is 5.92 Å². The van der Waals surface area contributed by atoms with Crippen molar-refractivity contribution in [1.82, 2.24) is 4.98 Å². The van der Waals surface area contributed by atoms with E-state index in [0.717, 1.165) is 41.6 Å². The molecule has 6 nitrogen and oxygen atoms in total. The number of carbonyl (C=O) groups is 2. The Morgan fingerprint density at radius 3 is 2.43 bits per heavy atom. The number of carbonyl (C=O) groups excluding carboxylic acids is 2. The van der Waals surface area contributed by atoms with Gasteiger partial charge in [-0.15, -0.1) is 0 Å². The zero-order valence-corrected chi connectivity index (χ0v) is 16.2. The number of nitrogens with zero attached hydrogens (tertiary/aromatic N) is 1. The SMILES string of the molecule is O=C(Nc1ccccc1)Nc1ccc2sc(NC(=O)C3CCCCC3)nc2c1. The zero-order valence-electron chi connectivity index (χ0n) is 15.4. The molecule has 1 saturated carbocycles. The van der Waals surface area contributed by atoms with Gasteiger partial charge in [0.05, 0.1) is 10.2 Å². The van der Waals surface area contributed by atoms with Crippen LogP contribution in [-0.2, 0) is 4.79 Å². The summed E-state index contributed by atoms with van der Waals surface area (Å²) in [5.74, 6) is 0.166. The summed E-state index contributed by atoms with van der Waals surface area (Å²) in [5, 5.41) is 9.16. The van der Waals surface area contributed by atoms with Crippen LogP contribution in [0.25, 0.3) is 10.2 Å². The molecule has 0 bridgehead atoms.